The minimum absolute atomic E-state index is 0.0480. The molecule has 1 N–H and O–H groups in total. The van der Waals surface area contributed by atoms with Crippen LogP contribution in [0.4, 0.5) is 0 Å². The number of carboxylic acid groups (broad SMARTS) is 1. The Labute approximate surface area is 144 Å². The van der Waals surface area contributed by atoms with Gasteiger partial charge in [0, 0.05) is 5.56 Å². The molecule has 0 heterocycles. The molecule has 0 aliphatic carbocycles. The van der Waals surface area contributed by atoms with Crippen molar-refractivity contribution in [2.45, 2.75) is 34.1 Å². The van der Waals surface area contributed by atoms with Gasteiger partial charge in [0.15, 0.2) is 0 Å². The van der Waals surface area contributed by atoms with E-state index >= 15 is 0 Å². The average molecular weight is 326 g/mol. The number of benzene rings is 1. The number of hydrogen-bond acceptors (Lipinski definition) is 2. The summed E-state index contributed by atoms with van der Waals surface area (Å²) in [6.45, 7) is 12.5. The maximum absolute atomic E-state index is 10.9. The molecule has 0 unspecified atom stereocenters. The third-order valence-corrected chi connectivity index (χ3v) is 3.45. The SMILES string of the molecule is C=C(C=C(C)C)/C(C)=C/C(=C\C)COc1ccccc1CC(=O)O. The summed E-state index contributed by atoms with van der Waals surface area (Å²) in [6.07, 6.45) is 6.02. The number of allylic oxidation sites excluding steroid dienone is 5. The average Bonchev–Trinajstić information content (AvgIpc) is 2.51. The molecule has 0 atom stereocenters. The van der Waals surface area contributed by atoms with E-state index in [0.717, 1.165) is 16.7 Å². The summed E-state index contributed by atoms with van der Waals surface area (Å²) in [6, 6.07) is 7.23. The third-order valence-electron chi connectivity index (χ3n) is 3.45. The van der Waals surface area contributed by atoms with E-state index in [1.807, 2.05) is 58.1 Å². The Kier molecular flexibility index (Phi) is 7.76. The molecule has 0 bridgehead atoms. The van der Waals surface area contributed by atoms with Crippen molar-refractivity contribution in [1.29, 1.82) is 0 Å². The molecule has 0 fully saturated rings. The minimum atomic E-state index is -0.869. The van der Waals surface area contributed by atoms with Gasteiger partial charge in [0.25, 0.3) is 0 Å². The fourth-order valence-electron chi connectivity index (χ4n) is 2.16. The Morgan fingerprint density at radius 2 is 1.88 bits per heavy atom. The molecule has 0 aromatic heterocycles. The first kappa shape index (κ1) is 19.5. The molecule has 128 valence electrons. The van der Waals surface area contributed by atoms with Gasteiger partial charge in [-0.05, 0) is 50.5 Å². The van der Waals surface area contributed by atoms with Crippen molar-refractivity contribution in [1.82, 2.24) is 0 Å². The standard InChI is InChI=1S/C21H26O3/c1-6-18(12-17(5)16(4)11-15(2)3)14-24-20-10-8-7-9-19(20)13-21(22)23/h6-12H,4,13-14H2,1-3,5H3,(H,22,23)/b17-12+,18-6+. The molecule has 0 saturated carbocycles. The quantitative estimate of drug-likeness (QED) is 0.675. The molecule has 0 aliphatic heterocycles. The zero-order valence-electron chi connectivity index (χ0n) is 14.9. The highest BCUT2D eigenvalue weighted by Gasteiger charge is 2.07. The van der Waals surface area contributed by atoms with E-state index in [0.29, 0.717) is 17.9 Å². The fraction of sp³-hybridized carbons (Fsp3) is 0.286. The summed E-state index contributed by atoms with van der Waals surface area (Å²) in [5.74, 6) is -0.264. The van der Waals surface area contributed by atoms with Crippen LogP contribution >= 0.6 is 0 Å². The van der Waals surface area contributed by atoms with Gasteiger partial charge in [-0.15, -0.1) is 0 Å². The molecule has 3 nitrogen and oxygen atoms in total. The van der Waals surface area contributed by atoms with E-state index in [1.165, 1.54) is 5.57 Å². The van der Waals surface area contributed by atoms with Crippen LogP contribution in [-0.4, -0.2) is 17.7 Å². The molecule has 3 heteroatoms. The summed E-state index contributed by atoms with van der Waals surface area (Å²) in [4.78, 5) is 10.9. The topological polar surface area (TPSA) is 46.5 Å². The van der Waals surface area contributed by atoms with Gasteiger partial charge in [-0.2, -0.15) is 0 Å². The Hall–Kier alpha value is -2.55. The van der Waals surface area contributed by atoms with Crippen molar-refractivity contribution in [3.63, 3.8) is 0 Å². The van der Waals surface area contributed by atoms with E-state index in [4.69, 9.17) is 9.84 Å². The van der Waals surface area contributed by atoms with E-state index in [-0.39, 0.29) is 6.42 Å². The van der Waals surface area contributed by atoms with Crippen LogP contribution in [0.3, 0.4) is 0 Å². The number of para-hydroxylation sites is 1. The predicted octanol–water partition coefficient (Wildman–Crippen LogP) is 5.11. The lowest BCUT2D eigenvalue weighted by atomic mass is 10.0. The molecular weight excluding hydrogens is 300 g/mol. The van der Waals surface area contributed by atoms with Crippen molar-refractivity contribution in [2.75, 3.05) is 6.61 Å². The summed E-state index contributed by atoms with van der Waals surface area (Å²) >= 11 is 0. The highest BCUT2D eigenvalue weighted by molar-refractivity contribution is 5.71. The van der Waals surface area contributed by atoms with Gasteiger partial charge < -0.3 is 9.84 Å². The van der Waals surface area contributed by atoms with Crippen LogP contribution in [-0.2, 0) is 11.2 Å². The third kappa shape index (κ3) is 6.69. The van der Waals surface area contributed by atoms with Crippen molar-refractivity contribution in [3.8, 4) is 5.75 Å². The van der Waals surface area contributed by atoms with Gasteiger partial charge in [-0.1, -0.05) is 48.6 Å². The van der Waals surface area contributed by atoms with Gasteiger partial charge in [0.2, 0.25) is 0 Å². The van der Waals surface area contributed by atoms with Crippen LogP contribution in [0.15, 0.2) is 71.4 Å². The molecule has 1 aromatic carbocycles. The Morgan fingerprint density at radius 1 is 1.21 bits per heavy atom. The van der Waals surface area contributed by atoms with Gasteiger partial charge >= 0.3 is 5.97 Å². The minimum Gasteiger partial charge on any atom is -0.489 e. The van der Waals surface area contributed by atoms with Crippen LogP contribution in [0.25, 0.3) is 0 Å². The molecule has 0 radical (unpaired) electrons. The van der Waals surface area contributed by atoms with Crippen LogP contribution in [0, 0.1) is 0 Å². The molecule has 0 spiro atoms. The normalized spacial score (nSPS) is 11.8. The number of aliphatic carboxylic acids is 1. The summed E-state index contributed by atoms with van der Waals surface area (Å²) in [5, 5.41) is 8.98. The first-order valence-electron chi connectivity index (χ1n) is 7.93. The fourth-order valence-corrected chi connectivity index (χ4v) is 2.16. The maximum atomic E-state index is 10.9. The molecule has 24 heavy (non-hydrogen) atoms. The van der Waals surface area contributed by atoms with Gasteiger partial charge in [-0.25, -0.2) is 0 Å². The first-order chi connectivity index (χ1) is 11.3. The lowest BCUT2D eigenvalue weighted by molar-refractivity contribution is -0.136. The Morgan fingerprint density at radius 3 is 2.46 bits per heavy atom. The van der Waals surface area contributed by atoms with Gasteiger partial charge in [0.1, 0.15) is 12.4 Å². The van der Waals surface area contributed by atoms with E-state index in [9.17, 15) is 4.79 Å². The van der Waals surface area contributed by atoms with Crippen molar-refractivity contribution in [3.05, 3.63) is 76.9 Å². The number of hydrogen-bond donors (Lipinski definition) is 1. The predicted molar refractivity (Wildman–Crippen MR) is 99.4 cm³/mol. The smallest absolute Gasteiger partial charge is 0.307 e. The number of carboxylic acids is 1. The second-order valence-electron chi connectivity index (χ2n) is 5.90. The number of carbonyl (C=O) groups is 1. The summed E-state index contributed by atoms with van der Waals surface area (Å²) in [7, 11) is 0. The van der Waals surface area contributed by atoms with Crippen LogP contribution in [0.1, 0.15) is 33.3 Å². The van der Waals surface area contributed by atoms with Crippen LogP contribution in [0.2, 0.25) is 0 Å². The number of ether oxygens (including phenoxy) is 1. The largest absolute Gasteiger partial charge is 0.489 e. The maximum Gasteiger partial charge on any atom is 0.307 e. The summed E-state index contributed by atoms with van der Waals surface area (Å²) in [5.41, 5.74) is 4.94. The lowest BCUT2D eigenvalue weighted by Gasteiger charge is -2.11. The van der Waals surface area contributed by atoms with Crippen molar-refractivity contribution in [2.24, 2.45) is 0 Å². The molecule has 1 rings (SSSR count). The molecule has 0 aliphatic rings. The van der Waals surface area contributed by atoms with E-state index in [1.54, 1.807) is 12.1 Å². The van der Waals surface area contributed by atoms with Crippen LogP contribution < -0.4 is 4.74 Å². The van der Waals surface area contributed by atoms with Crippen molar-refractivity contribution < 1.29 is 14.6 Å². The van der Waals surface area contributed by atoms with Gasteiger partial charge in [0.05, 0.1) is 6.42 Å². The highest BCUT2D eigenvalue weighted by Crippen LogP contribution is 2.20. The molecule has 0 amide bonds. The van der Waals surface area contributed by atoms with E-state index < -0.39 is 5.97 Å². The second-order valence-corrected chi connectivity index (χ2v) is 5.90. The second kappa shape index (κ2) is 9.56. The highest BCUT2D eigenvalue weighted by atomic mass is 16.5. The monoisotopic (exact) mass is 326 g/mol. The van der Waals surface area contributed by atoms with Gasteiger partial charge in [-0.3, -0.25) is 4.79 Å². The lowest BCUT2D eigenvalue weighted by Crippen LogP contribution is -2.06. The molecule has 0 saturated heterocycles. The van der Waals surface area contributed by atoms with E-state index in [2.05, 4.69) is 6.58 Å². The Balaban J connectivity index is 2.83. The zero-order valence-corrected chi connectivity index (χ0v) is 14.9. The molecule has 1 aromatic rings. The molecular formula is C21H26O3. The summed E-state index contributed by atoms with van der Waals surface area (Å²) < 4.78 is 5.83. The number of rotatable bonds is 8. The van der Waals surface area contributed by atoms with Crippen molar-refractivity contribution >= 4 is 5.97 Å². The van der Waals surface area contributed by atoms with Crippen LogP contribution in [0.5, 0.6) is 5.75 Å². The first-order valence-corrected chi connectivity index (χ1v) is 7.93. The Bertz CT molecular complexity index is 687. The zero-order chi connectivity index (χ0) is 18.1.